The molecule has 140 valence electrons. The van der Waals surface area contributed by atoms with Gasteiger partial charge in [0.25, 0.3) is 0 Å². The monoisotopic (exact) mass is 391 g/mol. The summed E-state index contributed by atoms with van der Waals surface area (Å²) < 4.78 is 42.7. The van der Waals surface area contributed by atoms with Gasteiger partial charge in [0, 0.05) is 18.4 Å². The van der Waals surface area contributed by atoms with Crippen LogP contribution in [0.15, 0.2) is 27.7 Å². The molecule has 10 heteroatoms. The van der Waals surface area contributed by atoms with Crippen molar-refractivity contribution in [2.24, 2.45) is 16.7 Å². The van der Waals surface area contributed by atoms with E-state index in [0.29, 0.717) is 6.08 Å². The van der Waals surface area contributed by atoms with Gasteiger partial charge in [-0.05, 0) is 11.3 Å². The molecule has 0 spiro atoms. The van der Waals surface area contributed by atoms with Crippen molar-refractivity contribution in [3.63, 3.8) is 0 Å². The number of hydrogen-bond donors (Lipinski definition) is 1. The van der Waals surface area contributed by atoms with Gasteiger partial charge in [0.15, 0.2) is 5.76 Å². The maximum absolute atomic E-state index is 12.6. The summed E-state index contributed by atoms with van der Waals surface area (Å²) in [6, 6.07) is 2.33. The van der Waals surface area contributed by atoms with Crippen molar-refractivity contribution < 1.29 is 32.4 Å². The van der Waals surface area contributed by atoms with Crippen LogP contribution in [-0.2, 0) is 4.79 Å². The molecule has 1 aliphatic carbocycles. The maximum Gasteiger partial charge on any atom is 0.434 e. The van der Waals surface area contributed by atoms with E-state index in [1.807, 2.05) is 0 Å². The SMILES string of the molecule is CC1(C)[C@@H](/C=C(\Cl)C(F)(F)F)[C@@]1(CC#Cc1ccc([N+](=O)[O-])o1)C(=O)O. The predicted molar refractivity (Wildman–Crippen MR) is 84.2 cm³/mol. The van der Waals surface area contributed by atoms with Gasteiger partial charge >= 0.3 is 18.0 Å². The number of halogens is 4. The smallest absolute Gasteiger partial charge is 0.434 e. The molecular formula is C16H13ClF3NO5. The van der Waals surface area contributed by atoms with E-state index in [0.717, 1.165) is 6.07 Å². The first-order valence-electron chi connectivity index (χ1n) is 7.25. The number of aliphatic carboxylic acids is 1. The van der Waals surface area contributed by atoms with Gasteiger partial charge in [0.1, 0.15) is 9.96 Å². The summed E-state index contributed by atoms with van der Waals surface area (Å²) in [7, 11) is 0. The highest BCUT2D eigenvalue weighted by Crippen LogP contribution is 2.72. The summed E-state index contributed by atoms with van der Waals surface area (Å²) in [5.41, 5.74) is -2.56. The largest absolute Gasteiger partial charge is 0.481 e. The van der Waals surface area contributed by atoms with Crippen molar-refractivity contribution in [2.75, 3.05) is 0 Å². The normalized spacial score (nSPS) is 24.5. The quantitative estimate of drug-likeness (QED) is 0.468. The standard InChI is InChI=1S/C16H13ClF3NO5/c1-14(2)10(8-11(17)16(18,19)20)15(14,13(22)23)7-3-4-9-5-6-12(26-9)21(24)25/h5-6,8,10H,7H2,1-2H3,(H,22,23)/b11-8-/t10-,15+/m1/s1. The topological polar surface area (TPSA) is 93.6 Å². The molecule has 1 aromatic rings. The van der Waals surface area contributed by atoms with E-state index in [9.17, 15) is 33.2 Å². The lowest BCUT2D eigenvalue weighted by atomic mass is 9.92. The zero-order valence-corrected chi connectivity index (χ0v) is 14.3. The highest BCUT2D eigenvalue weighted by Gasteiger charge is 2.74. The van der Waals surface area contributed by atoms with Gasteiger partial charge in [-0.1, -0.05) is 37.4 Å². The van der Waals surface area contributed by atoms with E-state index in [4.69, 9.17) is 16.0 Å². The van der Waals surface area contributed by atoms with Crippen LogP contribution >= 0.6 is 11.6 Å². The Balaban J connectivity index is 2.28. The molecule has 6 nitrogen and oxygen atoms in total. The molecule has 0 radical (unpaired) electrons. The van der Waals surface area contributed by atoms with Crippen LogP contribution in [0.2, 0.25) is 0 Å². The van der Waals surface area contributed by atoms with E-state index in [1.165, 1.54) is 19.9 Å². The van der Waals surface area contributed by atoms with Crippen molar-refractivity contribution in [3.05, 3.63) is 39.1 Å². The molecule has 0 aromatic carbocycles. The van der Waals surface area contributed by atoms with Crippen LogP contribution < -0.4 is 0 Å². The minimum absolute atomic E-state index is 0.0453. The fourth-order valence-electron chi connectivity index (χ4n) is 3.07. The average Bonchev–Trinajstić information content (AvgIpc) is 2.85. The Morgan fingerprint density at radius 3 is 2.58 bits per heavy atom. The van der Waals surface area contributed by atoms with Crippen LogP contribution in [0.4, 0.5) is 19.1 Å². The van der Waals surface area contributed by atoms with Gasteiger partial charge < -0.3 is 9.52 Å². The number of rotatable bonds is 4. The Morgan fingerprint density at radius 2 is 2.12 bits per heavy atom. The first-order valence-corrected chi connectivity index (χ1v) is 7.63. The van der Waals surface area contributed by atoms with Crippen LogP contribution in [0.3, 0.4) is 0 Å². The molecule has 0 unspecified atom stereocenters. The molecule has 1 heterocycles. The van der Waals surface area contributed by atoms with Crippen molar-refractivity contribution in [1.29, 1.82) is 0 Å². The third-order valence-electron chi connectivity index (χ3n) is 4.69. The molecule has 1 aliphatic rings. The maximum atomic E-state index is 12.6. The molecule has 1 N–H and O–H groups in total. The summed E-state index contributed by atoms with van der Waals surface area (Å²) in [5.74, 6) is 2.15. The van der Waals surface area contributed by atoms with Gasteiger partial charge in [-0.3, -0.25) is 14.9 Å². The third kappa shape index (κ3) is 3.29. The number of carboxylic acid groups (broad SMARTS) is 1. The van der Waals surface area contributed by atoms with E-state index in [-0.39, 0.29) is 12.2 Å². The molecule has 1 fully saturated rings. The molecule has 0 aliphatic heterocycles. The highest BCUT2D eigenvalue weighted by atomic mass is 35.5. The van der Waals surface area contributed by atoms with Crippen molar-refractivity contribution in [3.8, 4) is 11.8 Å². The highest BCUT2D eigenvalue weighted by molar-refractivity contribution is 6.30. The van der Waals surface area contributed by atoms with Gasteiger partial charge in [-0.25, -0.2) is 0 Å². The molecule has 2 atom stereocenters. The van der Waals surface area contributed by atoms with Crippen LogP contribution in [-0.4, -0.2) is 22.2 Å². The zero-order chi connectivity index (χ0) is 19.9. The number of carboxylic acids is 1. The first-order chi connectivity index (χ1) is 11.8. The second-order valence-corrected chi connectivity index (χ2v) is 6.77. The first kappa shape index (κ1) is 19.8. The van der Waals surface area contributed by atoms with E-state index >= 15 is 0 Å². The average molecular weight is 392 g/mol. The molecule has 2 rings (SSSR count). The van der Waals surface area contributed by atoms with Gasteiger partial charge in [0.2, 0.25) is 0 Å². The van der Waals surface area contributed by atoms with Crippen LogP contribution in [0.5, 0.6) is 0 Å². The molecule has 0 saturated heterocycles. The Bertz CT molecular complexity index is 846. The summed E-state index contributed by atoms with van der Waals surface area (Å²) in [4.78, 5) is 21.5. The predicted octanol–water partition coefficient (Wildman–Crippen LogP) is 4.34. The minimum Gasteiger partial charge on any atom is -0.481 e. The fourth-order valence-corrected chi connectivity index (χ4v) is 3.20. The van der Waals surface area contributed by atoms with Crippen molar-refractivity contribution >= 4 is 23.5 Å². The van der Waals surface area contributed by atoms with Gasteiger partial charge in [0.05, 0.1) is 11.5 Å². The van der Waals surface area contributed by atoms with Gasteiger partial charge in [-0.2, -0.15) is 13.2 Å². The summed E-state index contributed by atoms with van der Waals surface area (Å²) in [6.45, 7) is 3.03. The Morgan fingerprint density at radius 1 is 1.50 bits per heavy atom. The second-order valence-electron chi connectivity index (χ2n) is 6.36. The Hall–Kier alpha value is -2.47. The van der Waals surface area contributed by atoms with Crippen LogP contribution in [0.25, 0.3) is 0 Å². The molecule has 1 aromatic heterocycles. The summed E-state index contributed by atoms with van der Waals surface area (Å²) in [5, 5.41) is 18.7. The molecule has 0 bridgehead atoms. The number of alkyl halides is 3. The number of nitrogens with zero attached hydrogens (tertiary/aromatic N) is 1. The number of carbonyl (C=O) groups is 1. The van der Waals surface area contributed by atoms with Crippen LogP contribution in [0.1, 0.15) is 26.0 Å². The summed E-state index contributed by atoms with van der Waals surface area (Å²) >= 11 is 5.24. The minimum atomic E-state index is -4.76. The molecular weight excluding hydrogens is 379 g/mol. The lowest BCUT2D eigenvalue weighted by Crippen LogP contribution is -2.21. The zero-order valence-electron chi connectivity index (χ0n) is 13.6. The number of furan rings is 1. The van der Waals surface area contributed by atoms with Gasteiger partial charge in [-0.15, -0.1) is 0 Å². The summed E-state index contributed by atoms with van der Waals surface area (Å²) in [6.07, 6.45) is -4.33. The Kier molecular flexibility index (Phi) is 4.85. The Labute approximate surface area is 150 Å². The van der Waals surface area contributed by atoms with E-state index in [1.54, 1.807) is 0 Å². The lowest BCUT2D eigenvalue weighted by molar-refractivity contribution is -0.402. The number of hydrogen-bond acceptors (Lipinski definition) is 4. The lowest BCUT2D eigenvalue weighted by Gasteiger charge is -2.11. The number of allylic oxidation sites excluding steroid dienone is 2. The van der Waals surface area contributed by atoms with Crippen LogP contribution in [0, 0.1) is 38.7 Å². The molecule has 1 saturated carbocycles. The molecule has 0 amide bonds. The molecule has 26 heavy (non-hydrogen) atoms. The van der Waals surface area contributed by atoms with E-state index in [2.05, 4.69) is 11.8 Å². The van der Waals surface area contributed by atoms with Crippen molar-refractivity contribution in [2.45, 2.75) is 26.4 Å². The van der Waals surface area contributed by atoms with E-state index < -0.39 is 44.7 Å². The fraction of sp³-hybridized carbons (Fsp3) is 0.438. The van der Waals surface area contributed by atoms with Crippen molar-refractivity contribution in [1.82, 2.24) is 0 Å². The third-order valence-corrected chi connectivity index (χ3v) is 5.03. The number of nitro groups is 1. The second kappa shape index (κ2) is 6.36.